The Kier molecular flexibility index (Phi) is 3.02. The number of rotatable bonds is 1. The highest BCUT2D eigenvalue weighted by Gasteiger charge is 2.34. The second kappa shape index (κ2) is 4.86. The maximum absolute atomic E-state index is 12.3. The number of aromatic nitrogens is 1. The molecule has 1 aromatic carbocycles. The molecule has 0 saturated carbocycles. The van der Waals surface area contributed by atoms with E-state index < -0.39 is 0 Å². The number of thiazole rings is 1. The van der Waals surface area contributed by atoms with Gasteiger partial charge in [-0.15, -0.1) is 0 Å². The summed E-state index contributed by atoms with van der Waals surface area (Å²) in [7, 11) is 0. The molecule has 0 unspecified atom stereocenters. The maximum atomic E-state index is 12.3. The number of nitrogens with two attached hydrogens (primary N) is 1. The molecule has 1 amide bonds. The summed E-state index contributed by atoms with van der Waals surface area (Å²) < 4.78 is 5.69. The largest absolute Gasteiger partial charge is 0.489 e. The molecule has 2 aliphatic rings. The molecule has 0 radical (unpaired) electrons. The van der Waals surface area contributed by atoms with Crippen LogP contribution in [0.1, 0.15) is 29.2 Å². The molecule has 0 saturated heterocycles. The predicted octanol–water partition coefficient (Wildman–Crippen LogP) is 2.32. The lowest BCUT2D eigenvalue weighted by atomic mass is 9.94. The summed E-state index contributed by atoms with van der Waals surface area (Å²) in [5, 5.41) is 3.86. The molecular weight excluding hydrogens is 312 g/mol. The van der Waals surface area contributed by atoms with Gasteiger partial charge in [0.1, 0.15) is 17.2 Å². The predicted molar refractivity (Wildman–Crippen MR) is 90.7 cm³/mol. The zero-order valence-electron chi connectivity index (χ0n) is 13.0. The van der Waals surface area contributed by atoms with E-state index in [1.807, 2.05) is 32.0 Å². The van der Waals surface area contributed by atoms with Crippen LogP contribution < -0.4 is 20.7 Å². The Morgan fingerprint density at radius 1 is 1.43 bits per heavy atom. The number of carbonyl (C=O) groups is 1. The van der Waals surface area contributed by atoms with Gasteiger partial charge in [0.05, 0.1) is 17.9 Å². The van der Waals surface area contributed by atoms with Crippen molar-refractivity contribution in [1.29, 1.82) is 0 Å². The van der Waals surface area contributed by atoms with Gasteiger partial charge in [-0.1, -0.05) is 11.3 Å². The molecule has 6 nitrogen and oxygen atoms in total. The number of anilines is 3. The monoisotopic (exact) mass is 330 g/mol. The number of hydrogen-bond acceptors (Lipinski definition) is 6. The Bertz CT molecular complexity index is 799. The summed E-state index contributed by atoms with van der Waals surface area (Å²) >= 11 is 1.43. The van der Waals surface area contributed by atoms with E-state index in [1.54, 1.807) is 0 Å². The van der Waals surface area contributed by atoms with Crippen LogP contribution in [0, 0.1) is 0 Å². The van der Waals surface area contributed by atoms with E-state index in [9.17, 15) is 4.79 Å². The van der Waals surface area contributed by atoms with Gasteiger partial charge in [-0.3, -0.25) is 4.79 Å². The average Bonchev–Trinajstić information content (AvgIpc) is 2.88. The minimum absolute atomic E-state index is 0.0363. The van der Waals surface area contributed by atoms with Crippen molar-refractivity contribution in [1.82, 2.24) is 10.3 Å². The number of nitrogens with one attached hydrogen (secondary N) is 1. The maximum Gasteiger partial charge on any atom is 0.263 e. The van der Waals surface area contributed by atoms with Crippen LogP contribution in [0.3, 0.4) is 0 Å². The van der Waals surface area contributed by atoms with E-state index in [0.29, 0.717) is 23.7 Å². The topological polar surface area (TPSA) is 80.5 Å². The highest BCUT2D eigenvalue weighted by Crippen LogP contribution is 2.41. The summed E-state index contributed by atoms with van der Waals surface area (Å²) in [6, 6.07) is 5.61. The molecular formula is C16H18N4O2S. The smallest absolute Gasteiger partial charge is 0.263 e. The second-order valence-corrected chi connectivity index (χ2v) is 7.49. The fourth-order valence-corrected chi connectivity index (χ4v) is 4.03. The Balaban J connectivity index is 1.75. The molecule has 2 aromatic rings. The molecule has 120 valence electrons. The zero-order valence-corrected chi connectivity index (χ0v) is 13.9. The van der Waals surface area contributed by atoms with Crippen LogP contribution in [0.25, 0.3) is 0 Å². The molecule has 0 atom stereocenters. The normalized spacial score (nSPS) is 18.7. The Morgan fingerprint density at radius 2 is 2.26 bits per heavy atom. The summed E-state index contributed by atoms with van der Waals surface area (Å²) in [6.45, 7) is 5.30. The third-order valence-corrected chi connectivity index (χ3v) is 5.15. The minimum atomic E-state index is -0.257. The number of nitrogen functional groups attached to an aromatic ring is 1. The fourth-order valence-electron chi connectivity index (χ4n) is 3.01. The van der Waals surface area contributed by atoms with Crippen molar-refractivity contribution in [2.45, 2.75) is 25.8 Å². The van der Waals surface area contributed by atoms with E-state index in [0.717, 1.165) is 28.7 Å². The number of benzene rings is 1. The SMILES string of the molecule is CC1(C)Cc2nc(N3CCOc4cc(N)ccc43)sc2C(=O)N1. The fraction of sp³-hybridized carbons (Fsp3) is 0.375. The van der Waals surface area contributed by atoms with Gasteiger partial charge < -0.3 is 20.7 Å². The molecule has 4 rings (SSSR count). The van der Waals surface area contributed by atoms with Crippen LogP contribution >= 0.6 is 11.3 Å². The van der Waals surface area contributed by atoms with Gasteiger partial charge in [-0.2, -0.15) is 0 Å². The van der Waals surface area contributed by atoms with Crippen molar-refractivity contribution in [2.75, 3.05) is 23.8 Å². The molecule has 3 heterocycles. The molecule has 3 N–H and O–H groups in total. The van der Waals surface area contributed by atoms with Crippen molar-refractivity contribution < 1.29 is 9.53 Å². The van der Waals surface area contributed by atoms with Crippen molar-refractivity contribution in [2.24, 2.45) is 0 Å². The highest BCUT2D eigenvalue weighted by molar-refractivity contribution is 7.17. The number of nitrogens with zero attached hydrogens (tertiary/aromatic N) is 2. The van der Waals surface area contributed by atoms with E-state index in [-0.39, 0.29) is 11.4 Å². The molecule has 23 heavy (non-hydrogen) atoms. The summed E-state index contributed by atoms with van der Waals surface area (Å²) in [4.78, 5) is 19.8. The number of amides is 1. The summed E-state index contributed by atoms with van der Waals surface area (Å²) in [5.74, 6) is 0.722. The lowest BCUT2D eigenvalue weighted by molar-refractivity contribution is 0.0901. The van der Waals surface area contributed by atoms with Crippen LogP contribution in [-0.4, -0.2) is 29.6 Å². The zero-order chi connectivity index (χ0) is 16.2. The first-order valence-electron chi connectivity index (χ1n) is 7.55. The molecule has 1 aromatic heterocycles. The minimum Gasteiger partial charge on any atom is -0.489 e. The van der Waals surface area contributed by atoms with Crippen LogP contribution in [0.4, 0.5) is 16.5 Å². The lowest BCUT2D eigenvalue weighted by Crippen LogP contribution is -2.48. The second-order valence-electron chi connectivity index (χ2n) is 6.51. The van der Waals surface area contributed by atoms with E-state index in [4.69, 9.17) is 15.5 Å². The van der Waals surface area contributed by atoms with Gasteiger partial charge in [-0.05, 0) is 26.0 Å². The van der Waals surface area contributed by atoms with Gasteiger partial charge in [0.25, 0.3) is 5.91 Å². The van der Waals surface area contributed by atoms with Crippen molar-refractivity contribution in [3.05, 3.63) is 28.8 Å². The quantitative estimate of drug-likeness (QED) is 0.784. The summed E-state index contributed by atoms with van der Waals surface area (Å²) in [5.41, 5.74) is 8.06. The van der Waals surface area contributed by atoms with Gasteiger partial charge in [0, 0.05) is 23.7 Å². The van der Waals surface area contributed by atoms with E-state index in [2.05, 4.69) is 10.2 Å². The standard InChI is InChI=1S/C16H18N4O2S/c1-16(2)8-10-13(14(21)19-16)23-15(18-10)20-5-6-22-12-7-9(17)3-4-11(12)20/h3-4,7H,5-6,8,17H2,1-2H3,(H,19,21). The first-order valence-corrected chi connectivity index (χ1v) is 8.37. The Labute approximate surface area is 138 Å². The third kappa shape index (κ3) is 2.41. The van der Waals surface area contributed by atoms with Crippen LogP contribution in [0.2, 0.25) is 0 Å². The first kappa shape index (κ1) is 14.3. The molecule has 0 bridgehead atoms. The van der Waals surface area contributed by atoms with E-state index in [1.165, 1.54) is 11.3 Å². The lowest BCUT2D eigenvalue weighted by Gasteiger charge is -2.29. The molecule has 7 heteroatoms. The molecule has 0 spiro atoms. The van der Waals surface area contributed by atoms with Gasteiger partial charge in [-0.25, -0.2) is 4.98 Å². The number of ether oxygens (including phenoxy) is 1. The third-order valence-electron chi connectivity index (χ3n) is 4.03. The van der Waals surface area contributed by atoms with Crippen LogP contribution in [0.5, 0.6) is 5.75 Å². The average molecular weight is 330 g/mol. The van der Waals surface area contributed by atoms with Crippen molar-refractivity contribution in [3.8, 4) is 5.75 Å². The van der Waals surface area contributed by atoms with Crippen molar-refractivity contribution in [3.63, 3.8) is 0 Å². The number of carbonyl (C=O) groups excluding carboxylic acids is 1. The van der Waals surface area contributed by atoms with Gasteiger partial charge >= 0.3 is 0 Å². The van der Waals surface area contributed by atoms with Gasteiger partial charge in [0.15, 0.2) is 5.13 Å². The van der Waals surface area contributed by atoms with Gasteiger partial charge in [0.2, 0.25) is 0 Å². The molecule has 0 fully saturated rings. The molecule has 2 aliphatic heterocycles. The number of fused-ring (bicyclic) bond motifs is 2. The number of hydrogen-bond donors (Lipinski definition) is 2. The summed E-state index contributed by atoms with van der Waals surface area (Å²) in [6.07, 6.45) is 0.740. The Hall–Kier alpha value is -2.28. The highest BCUT2D eigenvalue weighted by atomic mass is 32.1. The van der Waals surface area contributed by atoms with Crippen LogP contribution in [0.15, 0.2) is 18.2 Å². The van der Waals surface area contributed by atoms with Crippen LogP contribution in [-0.2, 0) is 6.42 Å². The first-order chi connectivity index (χ1) is 10.9. The Morgan fingerprint density at radius 3 is 3.09 bits per heavy atom. The van der Waals surface area contributed by atoms with E-state index >= 15 is 0 Å². The molecule has 0 aliphatic carbocycles. The van der Waals surface area contributed by atoms with Crippen molar-refractivity contribution >= 4 is 33.8 Å².